The molecule has 9 nitrogen and oxygen atoms in total. The lowest BCUT2D eigenvalue weighted by Gasteiger charge is -2.13. The Balaban J connectivity index is 2.97. The molecule has 0 radical (unpaired) electrons. The first-order valence-electron chi connectivity index (χ1n) is 7.39. The number of carbonyl (C=O) groups is 3. The molecule has 2 amide bonds. The number of nitrogens with zero attached hydrogens (tertiary/aromatic N) is 1. The number of hydrogen-bond donors (Lipinski definition) is 2. The van der Waals surface area contributed by atoms with E-state index in [1.807, 2.05) is 19.2 Å². The van der Waals surface area contributed by atoms with E-state index in [4.69, 9.17) is 19.9 Å². The van der Waals surface area contributed by atoms with Crippen molar-refractivity contribution in [3.63, 3.8) is 0 Å². The molecular formula is C15H21N3O6. The lowest BCUT2D eigenvalue weighted by atomic mass is 10.2. The molecule has 0 fully saturated rings. The van der Waals surface area contributed by atoms with Crippen molar-refractivity contribution in [2.45, 2.75) is 20.8 Å². The zero-order valence-electron chi connectivity index (χ0n) is 13.8. The number of pyridine rings is 1. The van der Waals surface area contributed by atoms with Crippen molar-refractivity contribution in [2.24, 2.45) is 11.7 Å². The average Bonchev–Trinajstić information content (AvgIpc) is 2.53. The van der Waals surface area contributed by atoms with Gasteiger partial charge in [-0.1, -0.05) is 13.8 Å². The van der Waals surface area contributed by atoms with Crippen molar-refractivity contribution in [3.05, 3.63) is 17.8 Å². The normalized spacial score (nSPS) is 10.2. The fourth-order valence-electron chi connectivity index (χ4n) is 1.47. The van der Waals surface area contributed by atoms with Crippen molar-refractivity contribution in [1.29, 1.82) is 0 Å². The van der Waals surface area contributed by atoms with Crippen LogP contribution >= 0.6 is 0 Å². The molecule has 1 aromatic heterocycles. The summed E-state index contributed by atoms with van der Waals surface area (Å²) in [4.78, 5) is 38.3. The van der Waals surface area contributed by atoms with E-state index in [1.165, 1.54) is 12.3 Å². The highest BCUT2D eigenvalue weighted by Crippen LogP contribution is 2.26. The molecule has 1 rings (SSSR count). The lowest BCUT2D eigenvalue weighted by Crippen LogP contribution is -2.37. The minimum absolute atomic E-state index is 0.0876. The van der Waals surface area contributed by atoms with Gasteiger partial charge < -0.3 is 19.9 Å². The van der Waals surface area contributed by atoms with Crippen LogP contribution < -0.4 is 20.5 Å². The Morgan fingerprint density at radius 1 is 1.33 bits per heavy atom. The molecule has 0 bridgehead atoms. The molecule has 0 aliphatic heterocycles. The number of aromatic nitrogens is 1. The fourth-order valence-corrected chi connectivity index (χ4v) is 1.47. The van der Waals surface area contributed by atoms with Gasteiger partial charge in [0.25, 0.3) is 5.88 Å². The molecule has 1 aromatic rings. The van der Waals surface area contributed by atoms with Crippen LogP contribution in [-0.2, 0) is 9.53 Å². The summed E-state index contributed by atoms with van der Waals surface area (Å²) in [5, 5.41) is 1.92. The predicted octanol–water partition coefficient (Wildman–Crippen LogP) is 0.867. The number of amides is 2. The molecule has 0 aliphatic rings. The number of esters is 1. The molecule has 0 spiro atoms. The summed E-state index contributed by atoms with van der Waals surface area (Å²) in [5.74, 6) is -1.17. The van der Waals surface area contributed by atoms with Gasteiger partial charge in [0.1, 0.15) is 0 Å². The monoisotopic (exact) mass is 339 g/mol. The van der Waals surface area contributed by atoms with Crippen LogP contribution in [0.25, 0.3) is 0 Å². The molecule has 0 atom stereocenters. The minimum Gasteiger partial charge on any atom is -0.488 e. The van der Waals surface area contributed by atoms with Crippen LogP contribution in [0, 0.1) is 5.92 Å². The number of rotatable bonds is 7. The summed E-state index contributed by atoms with van der Waals surface area (Å²) in [6.45, 7) is 5.70. The maximum atomic E-state index is 11.8. The molecule has 0 aliphatic carbocycles. The van der Waals surface area contributed by atoms with Gasteiger partial charge >= 0.3 is 12.1 Å². The number of hydrogen-bond acceptors (Lipinski definition) is 8. The summed E-state index contributed by atoms with van der Waals surface area (Å²) in [5.41, 5.74) is 5.25. The Kier molecular flexibility index (Phi) is 7.63. The third-order valence-corrected chi connectivity index (χ3v) is 2.52. The second-order valence-electron chi connectivity index (χ2n) is 5.09. The Hall–Kier alpha value is -2.68. The highest BCUT2D eigenvalue weighted by Gasteiger charge is 2.18. The fraction of sp³-hybridized carbons (Fsp3) is 0.467. The first-order chi connectivity index (χ1) is 11.4. The van der Waals surface area contributed by atoms with Gasteiger partial charge in [0, 0.05) is 12.3 Å². The summed E-state index contributed by atoms with van der Waals surface area (Å²) in [6.07, 6.45) is 0.143. The van der Waals surface area contributed by atoms with Gasteiger partial charge in [0.05, 0.1) is 25.3 Å². The zero-order valence-corrected chi connectivity index (χ0v) is 13.8. The molecule has 0 aromatic carbocycles. The average molecular weight is 339 g/mol. The molecule has 132 valence electrons. The third kappa shape index (κ3) is 6.21. The van der Waals surface area contributed by atoms with Crippen LogP contribution in [0.5, 0.6) is 11.6 Å². The number of imide groups is 1. The van der Waals surface area contributed by atoms with Gasteiger partial charge in [-0.3, -0.25) is 10.1 Å². The van der Waals surface area contributed by atoms with Crippen molar-refractivity contribution in [1.82, 2.24) is 10.3 Å². The van der Waals surface area contributed by atoms with E-state index in [0.717, 1.165) is 0 Å². The van der Waals surface area contributed by atoms with E-state index in [1.54, 1.807) is 6.92 Å². The minimum atomic E-state index is -1.05. The molecule has 0 saturated carbocycles. The van der Waals surface area contributed by atoms with Gasteiger partial charge in [-0.2, -0.15) is 0 Å². The van der Waals surface area contributed by atoms with Crippen molar-refractivity contribution in [2.75, 3.05) is 19.8 Å². The first kappa shape index (κ1) is 19.4. The Morgan fingerprint density at radius 3 is 2.62 bits per heavy atom. The van der Waals surface area contributed by atoms with E-state index in [0.29, 0.717) is 6.61 Å². The van der Waals surface area contributed by atoms with Crippen LogP contribution in [0.2, 0.25) is 0 Å². The predicted molar refractivity (Wildman–Crippen MR) is 83.7 cm³/mol. The summed E-state index contributed by atoms with van der Waals surface area (Å²) in [6, 6.07) is 1.36. The van der Waals surface area contributed by atoms with E-state index < -0.39 is 18.0 Å². The highest BCUT2D eigenvalue weighted by atomic mass is 16.6. The molecule has 24 heavy (non-hydrogen) atoms. The summed E-state index contributed by atoms with van der Waals surface area (Å²) in [7, 11) is 0. The number of nitrogens with two attached hydrogens (primary N) is 1. The molecule has 1 heterocycles. The maximum Gasteiger partial charge on any atom is 0.420 e. The maximum absolute atomic E-state index is 11.8. The number of carbonyl (C=O) groups excluding carboxylic acids is 3. The number of ether oxygens (including phenoxy) is 3. The highest BCUT2D eigenvalue weighted by molar-refractivity contribution is 5.93. The molecule has 0 unspecified atom stereocenters. The third-order valence-electron chi connectivity index (χ3n) is 2.52. The molecule has 0 saturated heterocycles. The van der Waals surface area contributed by atoms with Gasteiger partial charge in [-0.05, 0) is 12.8 Å². The molecular weight excluding hydrogens is 318 g/mol. The summed E-state index contributed by atoms with van der Waals surface area (Å²) < 4.78 is 15.3. The van der Waals surface area contributed by atoms with Gasteiger partial charge in [-0.15, -0.1) is 0 Å². The summed E-state index contributed by atoms with van der Waals surface area (Å²) >= 11 is 0. The van der Waals surface area contributed by atoms with Gasteiger partial charge in [0.2, 0.25) is 5.91 Å². The van der Waals surface area contributed by atoms with Crippen LogP contribution in [0.3, 0.4) is 0 Å². The van der Waals surface area contributed by atoms with Crippen LogP contribution in [0.1, 0.15) is 31.1 Å². The SMILES string of the molecule is CCOC(=O)c1cnc(OC(=O)NC(=O)CN)c(OCC(C)C)c1. The Morgan fingerprint density at radius 2 is 2.04 bits per heavy atom. The topological polar surface area (TPSA) is 130 Å². The lowest BCUT2D eigenvalue weighted by molar-refractivity contribution is -0.118. The zero-order chi connectivity index (χ0) is 18.1. The van der Waals surface area contributed by atoms with Crippen molar-refractivity contribution < 1.29 is 28.6 Å². The van der Waals surface area contributed by atoms with Crippen LogP contribution in [-0.4, -0.2) is 42.7 Å². The van der Waals surface area contributed by atoms with E-state index in [2.05, 4.69) is 4.98 Å². The van der Waals surface area contributed by atoms with E-state index >= 15 is 0 Å². The van der Waals surface area contributed by atoms with Crippen molar-refractivity contribution in [3.8, 4) is 11.6 Å². The van der Waals surface area contributed by atoms with E-state index in [-0.39, 0.29) is 36.3 Å². The van der Waals surface area contributed by atoms with Gasteiger partial charge in [0.15, 0.2) is 5.75 Å². The van der Waals surface area contributed by atoms with Crippen molar-refractivity contribution >= 4 is 18.0 Å². The largest absolute Gasteiger partial charge is 0.488 e. The molecule has 3 N–H and O–H groups in total. The Bertz CT molecular complexity index is 603. The smallest absolute Gasteiger partial charge is 0.420 e. The van der Waals surface area contributed by atoms with Crippen LogP contribution in [0.15, 0.2) is 12.3 Å². The first-order valence-corrected chi connectivity index (χ1v) is 7.39. The number of nitrogens with one attached hydrogen (secondary N) is 1. The Labute approximate surface area is 139 Å². The second-order valence-corrected chi connectivity index (χ2v) is 5.09. The molecule has 9 heteroatoms. The quantitative estimate of drug-likeness (QED) is 0.700. The van der Waals surface area contributed by atoms with E-state index in [9.17, 15) is 14.4 Å². The van der Waals surface area contributed by atoms with Crippen LogP contribution in [0.4, 0.5) is 4.79 Å². The standard InChI is InChI=1S/C15H21N3O6/c1-4-22-14(20)10-5-11(23-8-9(2)3)13(17-7-10)24-15(21)18-12(19)6-16/h5,7,9H,4,6,8,16H2,1-3H3,(H,18,19,21). The second kappa shape index (κ2) is 9.46. The van der Waals surface area contributed by atoms with Gasteiger partial charge in [-0.25, -0.2) is 14.6 Å².